The highest BCUT2D eigenvalue weighted by Crippen LogP contribution is 2.41. The lowest BCUT2D eigenvalue weighted by Crippen LogP contribution is -2.63. The van der Waals surface area contributed by atoms with Crippen molar-refractivity contribution in [2.24, 2.45) is 5.41 Å². The number of amides is 1. The lowest BCUT2D eigenvalue weighted by Gasteiger charge is -2.53. The van der Waals surface area contributed by atoms with E-state index in [1.165, 1.54) is 13.8 Å². The first kappa shape index (κ1) is 46.1. The van der Waals surface area contributed by atoms with Crippen LogP contribution in [0.1, 0.15) is 115 Å². The summed E-state index contributed by atoms with van der Waals surface area (Å²) in [5.74, 6) is -2.62. The van der Waals surface area contributed by atoms with Gasteiger partial charge in [0.15, 0.2) is 12.2 Å². The fraction of sp³-hybridized carbons (Fsp3) is 0.636. The molecule has 5 atom stereocenters. The van der Waals surface area contributed by atoms with E-state index >= 15 is 0 Å². The molecular formula is C44H62N4O12. The molecule has 0 aliphatic carbocycles. The molecule has 0 bridgehead atoms. The normalized spacial score (nSPS) is 22.9. The first-order valence-electron chi connectivity index (χ1n) is 20.7. The Labute approximate surface area is 352 Å². The van der Waals surface area contributed by atoms with Crippen molar-refractivity contribution in [3.8, 4) is 5.88 Å². The summed E-state index contributed by atoms with van der Waals surface area (Å²) in [6.45, 7) is 20.7. The van der Waals surface area contributed by atoms with Crippen LogP contribution < -0.4 is 4.74 Å². The molecule has 2 aromatic rings. The quantitative estimate of drug-likeness (QED) is 0.182. The highest BCUT2D eigenvalue weighted by atomic mass is 16.7. The fourth-order valence-electron chi connectivity index (χ4n) is 7.97. The summed E-state index contributed by atoms with van der Waals surface area (Å²) in [6.07, 6.45) is 1.01. The first-order valence-corrected chi connectivity index (χ1v) is 20.7. The van der Waals surface area contributed by atoms with E-state index in [0.29, 0.717) is 6.42 Å². The summed E-state index contributed by atoms with van der Waals surface area (Å²) in [6, 6.07) is 6.29. The summed E-state index contributed by atoms with van der Waals surface area (Å²) in [7, 11) is 0. The van der Waals surface area contributed by atoms with Crippen molar-refractivity contribution in [2.45, 2.75) is 137 Å². The largest absolute Gasteiger partial charge is 0.463 e. The molecule has 16 nitrogen and oxygen atoms in total. The SMILES string of the molecule is CC(=O)OCC1OC(Oc2n[nH]c(C(C)C)c2Cc2ccc(C=CCCN3CCC4(CC3)CN(C(=O)OC(C)(C)C)C4)cc2C)C(OC(C)=O)C(OC(C)=O)C1OC(C)=O. The number of esters is 4. The maximum Gasteiger partial charge on any atom is 0.410 e. The average molecular weight is 839 g/mol. The zero-order chi connectivity index (χ0) is 43.9. The molecule has 4 heterocycles. The Kier molecular flexibility index (Phi) is 15.1. The third-order valence-electron chi connectivity index (χ3n) is 10.9. The van der Waals surface area contributed by atoms with E-state index in [2.05, 4.69) is 52.4 Å². The van der Waals surface area contributed by atoms with Crippen LogP contribution in [0.2, 0.25) is 0 Å². The Morgan fingerprint density at radius 2 is 1.57 bits per heavy atom. The van der Waals surface area contributed by atoms with Crippen LogP contribution in [0.25, 0.3) is 6.08 Å². The number of aromatic nitrogens is 2. The van der Waals surface area contributed by atoms with Gasteiger partial charge in [0.1, 0.15) is 18.3 Å². The van der Waals surface area contributed by atoms with E-state index in [0.717, 1.165) is 93.8 Å². The van der Waals surface area contributed by atoms with Gasteiger partial charge in [0.25, 0.3) is 0 Å². The maximum atomic E-state index is 12.4. The lowest BCUT2D eigenvalue weighted by atomic mass is 9.72. The number of rotatable bonds is 14. The molecule has 3 aliphatic heterocycles. The number of hydrogen-bond donors (Lipinski definition) is 1. The molecule has 1 amide bonds. The molecule has 3 fully saturated rings. The zero-order valence-corrected chi connectivity index (χ0v) is 36.7. The van der Waals surface area contributed by atoms with Crippen LogP contribution in [-0.2, 0) is 54.0 Å². The topological polar surface area (TPSA) is 185 Å². The molecule has 5 unspecified atom stereocenters. The molecule has 0 saturated carbocycles. The van der Waals surface area contributed by atoms with Gasteiger partial charge in [-0.15, -0.1) is 5.10 Å². The minimum absolute atomic E-state index is 0.0221. The van der Waals surface area contributed by atoms with Crippen LogP contribution in [-0.4, -0.2) is 126 Å². The smallest absolute Gasteiger partial charge is 0.410 e. The molecule has 1 N–H and O–H groups in total. The minimum Gasteiger partial charge on any atom is -0.463 e. The number of carbonyl (C=O) groups excluding carboxylic acids is 5. The molecule has 0 radical (unpaired) electrons. The minimum atomic E-state index is -1.42. The second-order valence-electron chi connectivity index (χ2n) is 17.5. The molecule has 1 aromatic carbocycles. The van der Waals surface area contributed by atoms with Gasteiger partial charge < -0.3 is 43.0 Å². The highest BCUT2D eigenvalue weighted by Gasteiger charge is 2.54. The number of likely N-dealkylation sites (tertiary alicyclic amines) is 2. The fourth-order valence-corrected chi connectivity index (χ4v) is 7.97. The molecule has 5 rings (SSSR count). The van der Waals surface area contributed by atoms with Gasteiger partial charge in [-0.3, -0.25) is 24.3 Å². The van der Waals surface area contributed by atoms with E-state index < -0.39 is 60.2 Å². The van der Waals surface area contributed by atoms with Crippen molar-refractivity contribution in [1.29, 1.82) is 0 Å². The number of piperidine rings is 1. The van der Waals surface area contributed by atoms with Crippen LogP contribution in [0.5, 0.6) is 5.88 Å². The van der Waals surface area contributed by atoms with Crippen LogP contribution in [0.3, 0.4) is 0 Å². The van der Waals surface area contributed by atoms with Gasteiger partial charge in [-0.25, -0.2) is 4.79 Å². The molecule has 3 aliphatic rings. The number of nitrogens with one attached hydrogen (secondary N) is 1. The molecule has 1 spiro atoms. The predicted octanol–water partition coefficient (Wildman–Crippen LogP) is 5.63. The van der Waals surface area contributed by atoms with Crippen molar-refractivity contribution in [3.05, 3.63) is 52.2 Å². The van der Waals surface area contributed by atoms with E-state index in [9.17, 15) is 24.0 Å². The van der Waals surface area contributed by atoms with E-state index in [4.69, 9.17) is 33.2 Å². The van der Waals surface area contributed by atoms with Crippen molar-refractivity contribution >= 4 is 36.0 Å². The van der Waals surface area contributed by atoms with Crippen molar-refractivity contribution in [1.82, 2.24) is 20.0 Å². The zero-order valence-electron chi connectivity index (χ0n) is 36.7. The lowest BCUT2D eigenvalue weighted by molar-refractivity contribution is -0.289. The number of H-pyrrole nitrogens is 1. The highest BCUT2D eigenvalue weighted by molar-refractivity contribution is 5.70. The summed E-state index contributed by atoms with van der Waals surface area (Å²) in [5, 5.41) is 7.57. The average Bonchev–Trinajstić information content (AvgIpc) is 3.52. The van der Waals surface area contributed by atoms with Crippen LogP contribution >= 0.6 is 0 Å². The first-order chi connectivity index (χ1) is 28.2. The predicted molar refractivity (Wildman–Crippen MR) is 219 cm³/mol. The third-order valence-corrected chi connectivity index (χ3v) is 10.9. The summed E-state index contributed by atoms with van der Waals surface area (Å²) in [4.78, 5) is 65.4. The number of aromatic amines is 1. The van der Waals surface area contributed by atoms with Crippen molar-refractivity contribution < 1.29 is 57.1 Å². The van der Waals surface area contributed by atoms with Crippen molar-refractivity contribution in [3.63, 3.8) is 0 Å². The van der Waals surface area contributed by atoms with Gasteiger partial charge in [0.05, 0.1) is 0 Å². The van der Waals surface area contributed by atoms with Crippen LogP contribution in [0.4, 0.5) is 4.79 Å². The van der Waals surface area contributed by atoms with Gasteiger partial charge in [-0.2, -0.15) is 0 Å². The van der Waals surface area contributed by atoms with Gasteiger partial charge in [0, 0.05) is 70.4 Å². The second kappa shape index (κ2) is 19.6. The Morgan fingerprint density at radius 1 is 0.933 bits per heavy atom. The van der Waals surface area contributed by atoms with Crippen LogP contribution in [0.15, 0.2) is 24.3 Å². The Morgan fingerprint density at radius 3 is 2.15 bits per heavy atom. The number of carbonyl (C=O) groups is 5. The van der Waals surface area contributed by atoms with Crippen molar-refractivity contribution in [2.75, 3.05) is 39.3 Å². The van der Waals surface area contributed by atoms with E-state index in [1.807, 2.05) is 39.5 Å². The monoisotopic (exact) mass is 838 g/mol. The Hall–Kier alpha value is -4.96. The van der Waals surface area contributed by atoms with Crippen LogP contribution in [0, 0.1) is 12.3 Å². The van der Waals surface area contributed by atoms with E-state index in [1.54, 1.807) is 0 Å². The Balaban J connectivity index is 1.24. The standard InChI is InChI=1S/C44H62N4O12/c1-26(2)36-34(40(46-45-36)59-41-39(57-31(7)52)38(56-30(6)51)37(55-29(5)50)35(58-41)23-54-28(4)49)22-33-15-14-32(21-27(33)3)13-11-12-18-47-19-16-44(17-20-47)24-48(25-44)42(53)60-43(8,9)10/h11,13-15,21,26,35,37-39,41H,12,16-20,22-25H2,1-10H3,(H,45,46). The molecule has 60 heavy (non-hydrogen) atoms. The van der Waals surface area contributed by atoms with Gasteiger partial charge in [-0.05, 0) is 82.7 Å². The molecule has 16 heteroatoms. The molecule has 1 aromatic heterocycles. The van der Waals surface area contributed by atoms with E-state index in [-0.39, 0.29) is 29.9 Å². The molecular weight excluding hydrogens is 777 g/mol. The number of benzene rings is 1. The summed E-state index contributed by atoms with van der Waals surface area (Å²) < 4.78 is 40.0. The van der Waals surface area contributed by atoms with Gasteiger partial charge in [-0.1, -0.05) is 44.2 Å². The summed E-state index contributed by atoms with van der Waals surface area (Å²) >= 11 is 0. The molecule has 3 saturated heterocycles. The second-order valence-corrected chi connectivity index (χ2v) is 17.5. The maximum absolute atomic E-state index is 12.4. The van der Waals surface area contributed by atoms with Gasteiger partial charge >= 0.3 is 30.0 Å². The number of hydrogen-bond acceptors (Lipinski definition) is 14. The number of nitrogens with zero attached hydrogens (tertiary/aromatic N) is 3. The molecule has 330 valence electrons. The number of ether oxygens (including phenoxy) is 7. The Bertz CT molecular complexity index is 1880. The third kappa shape index (κ3) is 12.3. The summed E-state index contributed by atoms with van der Waals surface area (Å²) in [5.41, 5.74) is 4.48. The number of aryl methyl sites for hydroxylation is 1. The van der Waals surface area contributed by atoms with Gasteiger partial charge in [0.2, 0.25) is 18.3 Å².